The second-order valence-corrected chi connectivity index (χ2v) is 7.84. The molecule has 1 rings (SSSR count). The normalized spacial score (nSPS) is 26.4. The molecule has 0 saturated carbocycles. The molecule has 1 fully saturated rings. The summed E-state index contributed by atoms with van der Waals surface area (Å²) in [5.74, 6) is 0.625. The first-order chi connectivity index (χ1) is 8.32. The number of hydrogen-bond donors (Lipinski definition) is 2. The predicted octanol–water partition coefficient (Wildman–Crippen LogP) is -0.144. The standard InChI is InChI=1S/C12H26N2O3S/c1-12(10-15,13-2)6-4-7-14(3)11-5-8-18(16,17)9-11/h11,13,15H,4-10H2,1-3H3. The first-order valence-corrected chi connectivity index (χ1v) is 8.34. The van der Waals surface area contributed by atoms with Crippen molar-refractivity contribution in [2.45, 2.75) is 37.8 Å². The Bertz CT molecular complexity index is 352. The molecule has 0 spiro atoms. The lowest BCUT2D eigenvalue weighted by molar-refractivity contribution is 0.162. The van der Waals surface area contributed by atoms with Crippen molar-refractivity contribution in [3.8, 4) is 0 Å². The minimum absolute atomic E-state index is 0.116. The maximum absolute atomic E-state index is 11.4. The highest BCUT2D eigenvalue weighted by molar-refractivity contribution is 7.91. The third-order valence-corrected chi connectivity index (χ3v) is 5.77. The third kappa shape index (κ3) is 4.50. The van der Waals surface area contributed by atoms with E-state index in [-0.39, 0.29) is 18.2 Å². The highest BCUT2D eigenvalue weighted by atomic mass is 32.2. The minimum Gasteiger partial charge on any atom is -0.394 e. The number of aliphatic hydroxyl groups excluding tert-OH is 1. The molecule has 0 aromatic carbocycles. The quantitative estimate of drug-likeness (QED) is 0.678. The van der Waals surface area contributed by atoms with Crippen molar-refractivity contribution in [1.82, 2.24) is 10.2 Å². The molecule has 6 heteroatoms. The van der Waals surface area contributed by atoms with E-state index < -0.39 is 9.84 Å². The average molecular weight is 278 g/mol. The van der Waals surface area contributed by atoms with Gasteiger partial charge in [0.1, 0.15) is 0 Å². The average Bonchev–Trinajstić information content (AvgIpc) is 2.69. The van der Waals surface area contributed by atoms with Gasteiger partial charge in [0.2, 0.25) is 0 Å². The van der Waals surface area contributed by atoms with Gasteiger partial charge in [-0.2, -0.15) is 0 Å². The molecule has 1 saturated heterocycles. The summed E-state index contributed by atoms with van der Waals surface area (Å²) in [6.45, 7) is 2.98. The fourth-order valence-electron chi connectivity index (χ4n) is 2.31. The van der Waals surface area contributed by atoms with Crippen LogP contribution in [-0.2, 0) is 9.84 Å². The van der Waals surface area contributed by atoms with Crippen LogP contribution < -0.4 is 5.32 Å². The Morgan fingerprint density at radius 3 is 2.61 bits per heavy atom. The Morgan fingerprint density at radius 1 is 1.50 bits per heavy atom. The number of aliphatic hydroxyl groups is 1. The monoisotopic (exact) mass is 278 g/mol. The zero-order valence-corrected chi connectivity index (χ0v) is 12.5. The molecular formula is C12H26N2O3S. The van der Waals surface area contributed by atoms with Crippen molar-refractivity contribution in [2.75, 3.05) is 38.8 Å². The van der Waals surface area contributed by atoms with Crippen LogP contribution >= 0.6 is 0 Å². The van der Waals surface area contributed by atoms with Crippen molar-refractivity contribution >= 4 is 9.84 Å². The second-order valence-electron chi connectivity index (χ2n) is 5.61. The number of rotatable bonds is 7. The van der Waals surface area contributed by atoms with Crippen molar-refractivity contribution < 1.29 is 13.5 Å². The molecule has 2 unspecified atom stereocenters. The molecule has 5 nitrogen and oxygen atoms in total. The largest absolute Gasteiger partial charge is 0.394 e. The van der Waals surface area contributed by atoms with Crippen LogP contribution in [0.2, 0.25) is 0 Å². The summed E-state index contributed by atoms with van der Waals surface area (Å²) in [6, 6.07) is 0.171. The highest BCUT2D eigenvalue weighted by Crippen LogP contribution is 2.18. The predicted molar refractivity (Wildman–Crippen MR) is 73.5 cm³/mol. The van der Waals surface area contributed by atoms with Crippen LogP contribution in [0, 0.1) is 0 Å². The first kappa shape index (κ1) is 15.9. The molecule has 1 aliphatic rings. The number of nitrogens with one attached hydrogen (secondary N) is 1. The SMILES string of the molecule is CNC(C)(CO)CCCN(C)C1CCS(=O)(=O)C1. The van der Waals surface area contributed by atoms with E-state index in [4.69, 9.17) is 0 Å². The summed E-state index contributed by atoms with van der Waals surface area (Å²) in [7, 11) is 1.04. The topological polar surface area (TPSA) is 69.6 Å². The summed E-state index contributed by atoms with van der Waals surface area (Å²) in [4.78, 5) is 2.14. The lowest BCUT2D eigenvalue weighted by atomic mass is 9.97. The smallest absolute Gasteiger partial charge is 0.151 e. The summed E-state index contributed by atoms with van der Waals surface area (Å²) in [6.07, 6.45) is 2.58. The summed E-state index contributed by atoms with van der Waals surface area (Å²) >= 11 is 0. The van der Waals surface area contributed by atoms with Crippen molar-refractivity contribution in [3.05, 3.63) is 0 Å². The van der Waals surface area contributed by atoms with Crippen LogP contribution in [0.4, 0.5) is 0 Å². The van der Waals surface area contributed by atoms with Gasteiger partial charge < -0.3 is 15.3 Å². The van der Waals surface area contributed by atoms with E-state index in [0.29, 0.717) is 11.5 Å². The van der Waals surface area contributed by atoms with Crippen LogP contribution in [0.5, 0.6) is 0 Å². The van der Waals surface area contributed by atoms with E-state index in [2.05, 4.69) is 10.2 Å². The Hall–Kier alpha value is -0.170. The van der Waals surface area contributed by atoms with Crippen LogP contribution in [-0.4, -0.2) is 68.8 Å². The van der Waals surface area contributed by atoms with Gasteiger partial charge in [-0.3, -0.25) is 0 Å². The summed E-state index contributed by atoms with van der Waals surface area (Å²) < 4.78 is 22.8. The molecule has 1 aliphatic heterocycles. The number of hydrogen-bond acceptors (Lipinski definition) is 5. The van der Waals surface area contributed by atoms with Crippen LogP contribution in [0.25, 0.3) is 0 Å². The van der Waals surface area contributed by atoms with Gasteiger partial charge >= 0.3 is 0 Å². The van der Waals surface area contributed by atoms with Gasteiger partial charge in [-0.05, 0) is 46.8 Å². The Labute approximate surface area is 110 Å². The van der Waals surface area contributed by atoms with Gasteiger partial charge in [-0.15, -0.1) is 0 Å². The van der Waals surface area contributed by atoms with Gasteiger partial charge in [0.15, 0.2) is 9.84 Å². The van der Waals surface area contributed by atoms with Gasteiger partial charge in [0.05, 0.1) is 18.1 Å². The van der Waals surface area contributed by atoms with Crippen molar-refractivity contribution in [1.29, 1.82) is 0 Å². The highest BCUT2D eigenvalue weighted by Gasteiger charge is 2.30. The molecule has 108 valence electrons. The minimum atomic E-state index is -2.80. The van der Waals surface area contributed by atoms with Crippen LogP contribution in [0.3, 0.4) is 0 Å². The number of likely N-dealkylation sites (N-methyl/N-ethyl adjacent to an activating group) is 1. The molecule has 1 heterocycles. The Morgan fingerprint density at radius 2 is 2.17 bits per heavy atom. The lowest BCUT2D eigenvalue weighted by Crippen LogP contribution is -2.44. The molecule has 18 heavy (non-hydrogen) atoms. The maximum atomic E-state index is 11.4. The molecule has 2 N–H and O–H groups in total. The van der Waals surface area contributed by atoms with Gasteiger partial charge in [0.25, 0.3) is 0 Å². The molecule has 0 aromatic heterocycles. The summed E-state index contributed by atoms with van der Waals surface area (Å²) in [5.41, 5.74) is -0.234. The molecular weight excluding hydrogens is 252 g/mol. The molecule has 0 radical (unpaired) electrons. The van der Waals surface area contributed by atoms with E-state index in [1.807, 2.05) is 21.0 Å². The zero-order valence-electron chi connectivity index (χ0n) is 11.6. The van der Waals surface area contributed by atoms with Gasteiger partial charge in [-0.25, -0.2) is 8.42 Å². The fraction of sp³-hybridized carbons (Fsp3) is 1.00. The maximum Gasteiger partial charge on any atom is 0.151 e. The number of nitrogens with zero attached hydrogens (tertiary/aromatic N) is 1. The van der Waals surface area contributed by atoms with Gasteiger partial charge in [0, 0.05) is 11.6 Å². The third-order valence-electron chi connectivity index (χ3n) is 4.02. The van der Waals surface area contributed by atoms with E-state index >= 15 is 0 Å². The van der Waals surface area contributed by atoms with E-state index in [0.717, 1.165) is 25.8 Å². The van der Waals surface area contributed by atoms with Crippen LogP contribution in [0.1, 0.15) is 26.2 Å². The first-order valence-electron chi connectivity index (χ1n) is 6.52. The van der Waals surface area contributed by atoms with E-state index in [1.165, 1.54) is 0 Å². The number of sulfone groups is 1. The lowest BCUT2D eigenvalue weighted by Gasteiger charge is -2.29. The summed E-state index contributed by atoms with van der Waals surface area (Å²) in [5, 5.41) is 12.4. The Kier molecular flexibility index (Phi) is 5.58. The molecule has 2 atom stereocenters. The zero-order chi connectivity index (χ0) is 13.8. The molecule has 0 aromatic rings. The molecule has 0 bridgehead atoms. The second kappa shape index (κ2) is 6.32. The fourth-order valence-corrected chi connectivity index (χ4v) is 4.11. The van der Waals surface area contributed by atoms with Crippen molar-refractivity contribution in [2.24, 2.45) is 0 Å². The molecule has 0 aliphatic carbocycles. The molecule has 0 amide bonds. The van der Waals surface area contributed by atoms with Gasteiger partial charge in [-0.1, -0.05) is 0 Å². The Balaban J connectivity index is 2.32. The van der Waals surface area contributed by atoms with Crippen molar-refractivity contribution in [3.63, 3.8) is 0 Å². The van der Waals surface area contributed by atoms with E-state index in [9.17, 15) is 13.5 Å². The van der Waals surface area contributed by atoms with Crippen LogP contribution in [0.15, 0.2) is 0 Å². The van der Waals surface area contributed by atoms with E-state index in [1.54, 1.807) is 0 Å².